The standard InChI is InChI=1S/C31H24ClF2NO2S/c32-31(33,34)37-23-17-15-22(16-18-23)35-29(36)20-28-27(19-21-9-3-1-4-10-21)25-13-7-8-14-26(25)30(28)38-24-11-5-2-6-12-24/h1-18,27H,19-20H2,(H,35,36). The Bertz CT molecular complexity index is 1440. The number of halogens is 3. The molecule has 0 aliphatic heterocycles. The van der Waals surface area contributed by atoms with Crippen LogP contribution < -0.4 is 10.1 Å². The molecule has 0 fully saturated rings. The topological polar surface area (TPSA) is 38.3 Å². The monoisotopic (exact) mass is 547 g/mol. The van der Waals surface area contributed by atoms with Crippen molar-refractivity contribution in [1.82, 2.24) is 0 Å². The normalized spacial score (nSPS) is 14.8. The minimum atomic E-state index is -3.80. The molecule has 0 spiro atoms. The van der Waals surface area contributed by atoms with Crippen LogP contribution >= 0.6 is 23.4 Å². The molecular weight excluding hydrogens is 524 g/mol. The van der Waals surface area contributed by atoms with E-state index in [1.807, 2.05) is 48.5 Å². The van der Waals surface area contributed by atoms with Gasteiger partial charge in [-0.15, -0.1) is 8.78 Å². The van der Waals surface area contributed by atoms with Crippen molar-refractivity contribution >= 4 is 39.9 Å². The molecule has 1 aliphatic carbocycles. The van der Waals surface area contributed by atoms with E-state index in [1.54, 1.807) is 11.8 Å². The summed E-state index contributed by atoms with van der Waals surface area (Å²) in [5.41, 5.74) is 1.30. The van der Waals surface area contributed by atoms with Crippen molar-refractivity contribution in [3.63, 3.8) is 0 Å². The van der Waals surface area contributed by atoms with Gasteiger partial charge >= 0.3 is 5.57 Å². The summed E-state index contributed by atoms with van der Waals surface area (Å²) in [5, 5.41) is 2.90. The van der Waals surface area contributed by atoms with Crippen LogP contribution in [0.5, 0.6) is 5.75 Å². The number of benzene rings is 4. The Hall–Kier alpha value is -3.61. The number of carbonyl (C=O) groups is 1. The molecule has 5 rings (SSSR count). The second-order valence-corrected chi connectivity index (χ2v) is 10.4. The van der Waals surface area contributed by atoms with Gasteiger partial charge in [-0.1, -0.05) is 84.6 Å². The molecule has 1 atom stereocenters. The highest BCUT2D eigenvalue weighted by Crippen LogP contribution is 2.51. The molecule has 1 unspecified atom stereocenters. The number of hydrogen-bond donors (Lipinski definition) is 1. The van der Waals surface area contributed by atoms with E-state index in [1.165, 1.54) is 35.4 Å². The van der Waals surface area contributed by atoms with Crippen LogP contribution in [0, 0.1) is 0 Å². The third-order valence-corrected chi connectivity index (χ3v) is 7.53. The minimum absolute atomic E-state index is 0.0484. The van der Waals surface area contributed by atoms with Crippen molar-refractivity contribution in [3.8, 4) is 5.75 Å². The fourth-order valence-corrected chi connectivity index (χ4v) is 5.92. The van der Waals surface area contributed by atoms with E-state index >= 15 is 0 Å². The van der Waals surface area contributed by atoms with Gasteiger partial charge in [0, 0.05) is 39.4 Å². The lowest BCUT2D eigenvalue weighted by Crippen LogP contribution is -2.16. The van der Waals surface area contributed by atoms with Crippen molar-refractivity contribution < 1.29 is 18.3 Å². The van der Waals surface area contributed by atoms with Crippen LogP contribution in [0.2, 0.25) is 0 Å². The first-order chi connectivity index (χ1) is 18.4. The number of thioether (sulfide) groups is 1. The Morgan fingerprint density at radius 3 is 2.18 bits per heavy atom. The van der Waals surface area contributed by atoms with E-state index in [4.69, 9.17) is 11.6 Å². The van der Waals surface area contributed by atoms with Gasteiger partial charge in [-0.05, 0) is 65.1 Å². The van der Waals surface area contributed by atoms with Crippen LogP contribution in [-0.2, 0) is 11.2 Å². The highest BCUT2D eigenvalue weighted by Gasteiger charge is 2.33. The second-order valence-electron chi connectivity index (χ2n) is 8.90. The number of ether oxygens (including phenoxy) is 1. The summed E-state index contributed by atoms with van der Waals surface area (Å²) in [6.07, 6.45) is 0.970. The highest BCUT2D eigenvalue weighted by molar-refractivity contribution is 8.08. The zero-order valence-electron chi connectivity index (χ0n) is 20.2. The van der Waals surface area contributed by atoms with Gasteiger partial charge in [0.1, 0.15) is 5.75 Å². The van der Waals surface area contributed by atoms with Crippen LogP contribution in [0.25, 0.3) is 4.91 Å². The lowest BCUT2D eigenvalue weighted by Gasteiger charge is -2.18. The van der Waals surface area contributed by atoms with E-state index in [2.05, 4.69) is 46.5 Å². The van der Waals surface area contributed by atoms with Gasteiger partial charge in [-0.3, -0.25) is 4.79 Å². The quantitative estimate of drug-likeness (QED) is 0.213. The molecule has 3 nitrogen and oxygen atoms in total. The van der Waals surface area contributed by atoms with Crippen LogP contribution in [0.3, 0.4) is 0 Å². The Kier molecular flexibility index (Phi) is 7.82. The fourth-order valence-electron chi connectivity index (χ4n) is 4.66. The van der Waals surface area contributed by atoms with Crippen molar-refractivity contribution in [3.05, 3.63) is 131 Å². The molecule has 0 saturated carbocycles. The summed E-state index contributed by atoms with van der Waals surface area (Å²) in [7, 11) is 0. The average Bonchev–Trinajstić information content (AvgIpc) is 3.17. The fraction of sp³-hybridized carbons (Fsp3) is 0.129. The van der Waals surface area contributed by atoms with Gasteiger partial charge in [0.25, 0.3) is 0 Å². The first-order valence-corrected chi connectivity index (χ1v) is 13.3. The molecular formula is C31H24ClF2NO2S. The third-order valence-electron chi connectivity index (χ3n) is 6.26. The molecule has 4 aromatic rings. The maximum absolute atomic E-state index is 13.3. The molecule has 1 N–H and O–H groups in total. The Morgan fingerprint density at radius 2 is 1.50 bits per heavy atom. The maximum Gasteiger partial charge on any atom is 0.487 e. The Morgan fingerprint density at radius 1 is 0.868 bits per heavy atom. The number of fused-ring (bicyclic) bond motifs is 1. The van der Waals surface area contributed by atoms with Gasteiger partial charge in [0.15, 0.2) is 0 Å². The molecule has 0 radical (unpaired) electrons. The summed E-state index contributed by atoms with van der Waals surface area (Å²) in [5.74, 6) is -0.234. The predicted molar refractivity (Wildman–Crippen MR) is 150 cm³/mol. The number of carbonyl (C=O) groups excluding carboxylic acids is 1. The molecule has 0 heterocycles. The van der Waals surface area contributed by atoms with E-state index < -0.39 is 5.57 Å². The van der Waals surface area contributed by atoms with E-state index in [9.17, 15) is 13.6 Å². The van der Waals surface area contributed by atoms with Crippen molar-refractivity contribution in [1.29, 1.82) is 0 Å². The van der Waals surface area contributed by atoms with Gasteiger partial charge in [0.2, 0.25) is 5.91 Å². The summed E-state index contributed by atoms with van der Waals surface area (Å²) >= 11 is 6.51. The summed E-state index contributed by atoms with van der Waals surface area (Å²) in [6, 6.07) is 34.4. The Labute approximate surface area is 229 Å². The molecule has 192 valence electrons. The second kappa shape index (κ2) is 11.4. The zero-order valence-corrected chi connectivity index (χ0v) is 21.8. The van der Waals surface area contributed by atoms with E-state index in [0.29, 0.717) is 5.69 Å². The van der Waals surface area contributed by atoms with Gasteiger partial charge in [-0.2, -0.15) is 0 Å². The molecule has 0 aromatic heterocycles. The van der Waals surface area contributed by atoms with Crippen LogP contribution in [0.1, 0.15) is 29.0 Å². The van der Waals surface area contributed by atoms with Crippen molar-refractivity contribution in [2.24, 2.45) is 0 Å². The van der Waals surface area contributed by atoms with E-state index in [0.717, 1.165) is 27.4 Å². The van der Waals surface area contributed by atoms with Crippen molar-refractivity contribution in [2.45, 2.75) is 29.2 Å². The van der Waals surface area contributed by atoms with Crippen LogP contribution in [-0.4, -0.2) is 11.5 Å². The lowest BCUT2D eigenvalue weighted by molar-refractivity contribution is -0.115. The van der Waals surface area contributed by atoms with Gasteiger partial charge < -0.3 is 10.1 Å². The number of anilines is 1. The summed E-state index contributed by atoms with van der Waals surface area (Å²) in [4.78, 5) is 15.5. The minimum Gasteiger partial charge on any atom is -0.420 e. The van der Waals surface area contributed by atoms with Crippen molar-refractivity contribution in [2.75, 3.05) is 5.32 Å². The summed E-state index contributed by atoms with van der Waals surface area (Å²) in [6.45, 7) is 0. The van der Waals surface area contributed by atoms with Crippen LogP contribution in [0.15, 0.2) is 120 Å². The molecule has 0 bridgehead atoms. The largest absolute Gasteiger partial charge is 0.487 e. The zero-order chi connectivity index (χ0) is 26.5. The predicted octanol–water partition coefficient (Wildman–Crippen LogP) is 8.73. The molecule has 1 amide bonds. The molecule has 38 heavy (non-hydrogen) atoms. The first-order valence-electron chi connectivity index (χ1n) is 12.1. The molecule has 1 aliphatic rings. The lowest BCUT2D eigenvalue weighted by atomic mass is 9.88. The SMILES string of the molecule is O=C(CC1=C(Sc2ccccc2)c2ccccc2C1Cc1ccccc1)Nc1ccc(OC(F)(F)Cl)cc1. The number of nitrogens with one attached hydrogen (secondary N) is 1. The number of rotatable bonds is 9. The third kappa shape index (κ3) is 6.44. The van der Waals surface area contributed by atoms with Gasteiger partial charge in [0.05, 0.1) is 0 Å². The van der Waals surface area contributed by atoms with E-state index in [-0.39, 0.29) is 24.0 Å². The smallest absolute Gasteiger partial charge is 0.420 e. The van der Waals surface area contributed by atoms with Gasteiger partial charge in [-0.25, -0.2) is 0 Å². The highest BCUT2D eigenvalue weighted by atomic mass is 35.5. The number of hydrogen-bond acceptors (Lipinski definition) is 3. The Balaban J connectivity index is 1.44. The molecule has 4 aromatic carbocycles. The first kappa shape index (κ1) is 26.0. The number of alkyl halides is 3. The average molecular weight is 548 g/mol. The molecule has 7 heteroatoms. The number of amides is 1. The maximum atomic E-state index is 13.3. The summed E-state index contributed by atoms with van der Waals surface area (Å²) < 4.78 is 30.2. The van der Waals surface area contributed by atoms with Crippen LogP contribution in [0.4, 0.5) is 14.5 Å². The molecule has 0 saturated heterocycles.